The number of aromatic nitrogens is 2. The summed E-state index contributed by atoms with van der Waals surface area (Å²) in [6, 6.07) is 2.68. The lowest BCUT2D eigenvalue weighted by Crippen LogP contribution is -2.54. The molecule has 0 radical (unpaired) electrons. The first-order valence-corrected chi connectivity index (χ1v) is 17.0. The lowest BCUT2D eigenvalue weighted by Gasteiger charge is -2.45. The van der Waals surface area contributed by atoms with E-state index in [1.54, 1.807) is 6.20 Å². The number of nitrogens with zero attached hydrogens (tertiary/aromatic N) is 3. The van der Waals surface area contributed by atoms with Crippen molar-refractivity contribution >= 4 is 53.3 Å². The van der Waals surface area contributed by atoms with Gasteiger partial charge in [0.1, 0.15) is 10.2 Å². The van der Waals surface area contributed by atoms with Crippen LogP contribution in [0.3, 0.4) is 0 Å². The first kappa shape index (κ1) is 31.8. The molecule has 2 aromatic rings. The third-order valence-corrected chi connectivity index (χ3v) is 11.5. The summed E-state index contributed by atoms with van der Waals surface area (Å²) in [5, 5.41) is 5.55. The van der Waals surface area contributed by atoms with Crippen LogP contribution in [0.5, 0.6) is 0 Å². The molecule has 0 aromatic carbocycles. The highest BCUT2D eigenvalue weighted by molar-refractivity contribution is 9.10. The summed E-state index contributed by atoms with van der Waals surface area (Å²) in [7, 11) is -2.54. The molecule has 13 heteroatoms. The van der Waals surface area contributed by atoms with Gasteiger partial charge in [-0.3, -0.25) is 9.78 Å². The number of piperidine rings is 1. The van der Waals surface area contributed by atoms with Crippen LogP contribution in [0.1, 0.15) is 57.9 Å². The number of alkyl carbamates (subject to hydrolysis) is 1. The van der Waals surface area contributed by atoms with Crippen LogP contribution in [0, 0.1) is 11.7 Å². The largest absolute Gasteiger partial charge is 0.444 e. The molecular formula is C27H40BrFN6O4Si. The number of hydrogen-bond donors (Lipinski definition) is 4. The maximum absolute atomic E-state index is 13.8. The molecule has 1 aliphatic rings. The predicted molar refractivity (Wildman–Crippen MR) is 160 cm³/mol. The Bertz CT molecular complexity index is 1250. The van der Waals surface area contributed by atoms with Crippen molar-refractivity contribution in [1.82, 2.24) is 15.3 Å². The van der Waals surface area contributed by atoms with Gasteiger partial charge in [-0.05, 0) is 79.7 Å². The number of amides is 2. The van der Waals surface area contributed by atoms with Crippen LogP contribution in [-0.4, -0.2) is 59.8 Å². The number of pyridine rings is 2. The van der Waals surface area contributed by atoms with E-state index in [1.807, 2.05) is 39.9 Å². The molecular weight excluding hydrogens is 599 g/mol. The van der Waals surface area contributed by atoms with E-state index in [0.717, 1.165) is 11.8 Å². The molecule has 2 aromatic heterocycles. The minimum absolute atomic E-state index is 0.0164. The molecule has 1 fully saturated rings. The van der Waals surface area contributed by atoms with E-state index in [9.17, 15) is 18.8 Å². The van der Waals surface area contributed by atoms with E-state index in [4.69, 9.17) is 10.5 Å². The van der Waals surface area contributed by atoms with E-state index in [-0.39, 0.29) is 33.0 Å². The number of carbonyl (C=O) groups excluding carboxylic acids is 2. The fraction of sp³-hybridized carbons (Fsp3) is 0.556. The van der Waals surface area contributed by atoms with E-state index < -0.39 is 31.7 Å². The van der Waals surface area contributed by atoms with Crippen LogP contribution in [-0.2, 0) is 4.74 Å². The van der Waals surface area contributed by atoms with Gasteiger partial charge in [0.05, 0.1) is 23.3 Å². The number of nitrogens with two attached hydrogens (primary N) is 1. The molecule has 0 unspecified atom stereocenters. The zero-order valence-corrected chi connectivity index (χ0v) is 26.7. The van der Waals surface area contributed by atoms with Crippen LogP contribution in [0.2, 0.25) is 18.1 Å². The predicted octanol–water partition coefficient (Wildman–Crippen LogP) is 5.30. The summed E-state index contributed by atoms with van der Waals surface area (Å²) in [5.74, 6) is -1.28. The van der Waals surface area contributed by atoms with Gasteiger partial charge in [-0.1, -0.05) is 13.8 Å². The van der Waals surface area contributed by atoms with Gasteiger partial charge >= 0.3 is 6.09 Å². The van der Waals surface area contributed by atoms with Crippen LogP contribution in [0.25, 0.3) is 0 Å². The van der Waals surface area contributed by atoms with Crippen molar-refractivity contribution in [3.05, 3.63) is 40.6 Å². The fourth-order valence-corrected chi connectivity index (χ4v) is 5.67. The molecule has 2 amide bonds. The van der Waals surface area contributed by atoms with Crippen molar-refractivity contribution in [2.45, 2.75) is 77.2 Å². The second kappa shape index (κ2) is 12.0. The summed E-state index contributed by atoms with van der Waals surface area (Å²) in [5.41, 5.74) is 6.22. The Labute approximate surface area is 244 Å². The van der Waals surface area contributed by atoms with Crippen molar-refractivity contribution in [3.8, 4) is 0 Å². The van der Waals surface area contributed by atoms with E-state index in [1.165, 1.54) is 6.20 Å². The number of rotatable bonds is 7. The number of nitrogens with one attached hydrogen (secondary N) is 2. The normalized spacial score (nSPS) is 18.3. The number of hydrogen-bond acceptors (Lipinski definition) is 8. The molecule has 40 heavy (non-hydrogen) atoms. The van der Waals surface area contributed by atoms with Gasteiger partial charge in [0, 0.05) is 31.4 Å². The Morgan fingerprint density at radius 2 is 1.98 bits per heavy atom. The molecule has 10 nitrogen and oxygen atoms in total. The fourth-order valence-electron chi connectivity index (χ4n) is 4.62. The van der Waals surface area contributed by atoms with E-state index in [0.29, 0.717) is 31.6 Å². The average Bonchev–Trinajstić information content (AvgIpc) is 2.80. The summed E-state index contributed by atoms with van der Waals surface area (Å²) in [4.78, 5) is 47.0. The van der Waals surface area contributed by atoms with Gasteiger partial charge < -0.3 is 30.8 Å². The second-order valence-corrected chi connectivity index (χ2v) is 17.7. The number of anilines is 3. The van der Waals surface area contributed by atoms with E-state index >= 15 is 0 Å². The first-order valence-electron chi connectivity index (χ1n) is 13.2. The van der Waals surface area contributed by atoms with Crippen molar-refractivity contribution < 1.29 is 23.5 Å². The average molecular weight is 640 g/mol. The highest BCUT2D eigenvalue weighted by Gasteiger charge is 2.43. The van der Waals surface area contributed by atoms with Gasteiger partial charge in [0.25, 0.3) is 5.91 Å². The minimum Gasteiger partial charge on any atom is -0.444 e. The first-order chi connectivity index (χ1) is 18.4. The van der Waals surface area contributed by atoms with Gasteiger partial charge in [-0.25, -0.2) is 14.2 Å². The molecule has 3 heterocycles. The van der Waals surface area contributed by atoms with Crippen LogP contribution in [0.4, 0.5) is 26.2 Å². The minimum atomic E-state index is -2.54. The van der Waals surface area contributed by atoms with Gasteiger partial charge in [0.15, 0.2) is 19.8 Å². The second-order valence-electron chi connectivity index (χ2n) is 12.4. The van der Waals surface area contributed by atoms with Crippen molar-refractivity contribution in [2.75, 3.05) is 29.0 Å². The molecule has 0 aliphatic carbocycles. The summed E-state index contributed by atoms with van der Waals surface area (Å²) in [6.45, 7) is 14.6. The zero-order valence-electron chi connectivity index (χ0n) is 24.1. The van der Waals surface area contributed by atoms with Gasteiger partial charge in [-0.2, -0.15) is 0 Å². The molecule has 220 valence electrons. The number of nitrogen functional groups attached to an aromatic ring is 1. The Morgan fingerprint density at radius 3 is 2.60 bits per heavy atom. The maximum Gasteiger partial charge on any atom is 0.407 e. The third-order valence-electron chi connectivity index (χ3n) is 7.43. The quantitative estimate of drug-likeness (QED) is 0.236. The highest BCUT2D eigenvalue weighted by Crippen LogP contribution is 2.44. The maximum atomic E-state index is 13.8. The SMILES string of the molecule is CC(C)(C)OC(=O)N[C@@H]1CCN(c2ccncc2NC(=O)c2nc(Br)c(F)cc2N)C[C@H]1CC(C)(C)[Si](C)(C)O. The number of ether oxygens (including phenoxy) is 1. The van der Waals surface area contributed by atoms with E-state index in [2.05, 4.69) is 55.3 Å². The van der Waals surface area contributed by atoms with Crippen LogP contribution >= 0.6 is 15.9 Å². The Morgan fingerprint density at radius 1 is 1.30 bits per heavy atom. The zero-order chi connectivity index (χ0) is 30.0. The molecule has 1 saturated heterocycles. The molecule has 0 spiro atoms. The van der Waals surface area contributed by atoms with Crippen molar-refractivity contribution in [2.24, 2.45) is 5.92 Å². The summed E-state index contributed by atoms with van der Waals surface area (Å²) < 4.78 is 19.2. The number of halogens is 2. The van der Waals surface area contributed by atoms with Gasteiger partial charge in [0.2, 0.25) is 0 Å². The molecule has 1 aliphatic heterocycles. The number of carbonyl (C=O) groups is 2. The molecule has 3 rings (SSSR count). The Kier molecular flexibility index (Phi) is 9.52. The van der Waals surface area contributed by atoms with Crippen molar-refractivity contribution in [1.29, 1.82) is 0 Å². The summed E-state index contributed by atoms with van der Waals surface area (Å²) in [6.07, 6.45) is 4.01. The Hall–Kier alpha value is -2.77. The highest BCUT2D eigenvalue weighted by atomic mass is 79.9. The molecule has 0 bridgehead atoms. The lowest BCUT2D eigenvalue weighted by atomic mass is 9.84. The van der Waals surface area contributed by atoms with Crippen LogP contribution < -0.4 is 21.3 Å². The topological polar surface area (TPSA) is 143 Å². The van der Waals surface area contributed by atoms with Gasteiger partial charge in [-0.15, -0.1) is 0 Å². The third kappa shape index (κ3) is 7.91. The van der Waals surface area contributed by atoms with Crippen LogP contribution in [0.15, 0.2) is 29.1 Å². The Balaban J connectivity index is 1.87. The van der Waals surface area contributed by atoms with Crippen molar-refractivity contribution in [3.63, 3.8) is 0 Å². The summed E-state index contributed by atoms with van der Waals surface area (Å²) >= 11 is 3.00. The standard InChI is InChI=1S/C27H40BrFN6O4Si/c1-26(2,3)39-25(37)33-19-9-11-35(15-16(19)13-27(4,5)40(6,7)38)21-8-10-31-14-20(21)32-24(36)22-18(30)12-17(29)23(28)34-22/h8,10,12,14,16,19,38H,9,11,13,15,30H2,1-7H3,(H,32,36)(H,33,37)/t16-,19-/m1/s1. The smallest absolute Gasteiger partial charge is 0.407 e. The molecule has 2 atom stereocenters. The monoisotopic (exact) mass is 638 g/mol. The lowest BCUT2D eigenvalue weighted by molar-refractivity contribution is 0.0472. The molecule has 0 saturated carbocycles. The molecule has 5 N–H and O–H groups in total.